The molecule has 5 heteroatoms. The Labute approximate surface area is 401 Å². The molecule has 322 valence electrons. The van der Waals surface area contributed by atoms with E-state index < -0.39 is 0 Å². The minimum absolute atomic E-state index is 0.0848. The fourth-order valence-electron chi connectivity index (χ4n) is 11.5. The Kier molecular flexibility index (Phi) is 8.32. The minimum atomic E-state index is 0.0848. The molecular formula is C64H40N4S. The van der Waals surface area contributed by atoms with Crippen molar-refractivity contribution < 1.29 is 0 Å². The third kappa shape index (κ3) is 5.75. The Morgan fingerprint density at radius 2 is 1.06 bits per heavy atom. The second kappa shape index (κ2) is 14.9. The van der Waals surface area contributed by atoms with Gasteiger partial charge in [-0.2, -0.15) is 0 Å². The number of rotatable bonds is 5. The molecule has 2 aliphatic rings. The summed E-state index contributed by atoms with van der Waals surface area (Å²) in [5, 5.41) is 9.84. The predicted molar refractivity (Wildman–Crippen MR) is 291 cm³/mol. The zero-order valence-corrected chi connectivity index (χ0v) is 38.1. The smallest absolute Gasteiger partial charge is 0.235 e. The predicted octanol–water partition coefficient (Wildman–Crippen LogP) is 17.0. The van der Waals surface area contributed by atoms with Gasteiger partial charge in [-0.1, -0.05) is 188 Å². The van der Waals surface area contributed by atoms with Crippen LogP contribution in [-0.4, -0.2) is 19.1 Å². The quantitative estimate of drug-likeness (QED) is 0.173. The van der Waals surface area contributed by atoms with E-state index >= 15 is 0 Å². The molecular weight excluding hydrogens is 857 g/mol. The van der Waals surface area contributed by atoms with E-state index in [9.17, 15) is 0 Å². The molecule has 4 heterocycles. The summed E-state index contributed by atoms with van der Waals surface area (Å²) in [6.07, 6.45) is 13.5. The lowest BCUT2D eigenvalue weighted by Gasteiger charge is -2.28. The van der Waals surface area contributed by atoms with Crippen molar-refractivity contribution in [3.63, 3.8) is 0 Å². The van der Waals surface area contributed by atoms with E-state index in [-0.39, 0.29) is 11.8 Å². The summed E-state index contributed by atoms with van der Waals surface area (Å²) in [5.74, 6) is 0.978. The van der Waals surface area contributed by atoms with Crippen molar-refractivity contribution in [1.82, 2.24) is 19.1 Å². The first kappa shape index (κ1) is 38.5. The van der Waals surface area contributed by atoms with Crippen LogP contribution in [0.3, 0.4) is 0 Å². The average molecular weight is 897 g/mol. The number of aromatic nitrogens is 4. The molecule has 0 N–H and O–H groups in total. The molecule has 9 aromatic carbocycles. The fraction of sp³-hybridized carbons (Fsp3) is 0.0312. The molecule has 0 radical (unpaired) electrons. The average Bonchev–Trinajstić information content (AvgIpc) is 4.08. The molecule has 0 amide bonds. The zero-order chi connectivity index (χ0) is 45.2. The lowest BCUT2D eigenvalue weighted by atomic mass is 9.79. The number of para-hydroxylation sites is 2. The lowest BCUT2D eigenvalue weighted by Crippen LogP contribution is -2.18. The maximum Gasteiger partial charge on any atom is 0.235 e. The van der Waals surface area contributed by atoms with Gasteiger partial charge in [0.1, 0.15) is 0 Å². The Hall–Kier alpha value is -8.64. The molecule has 0 aliphatic heterocycles. The summed E-state index contributed by atoms with van der Waals surface area (Å²) in [4.78, 5) is 11.5. The molecule has 4 nitrogen and oxygen atoms in total. The summed E-state index contributed by atoms with van der Waals surface area (Å²) in [7, 11) is 0. The monoisotopic (exact) mass is 896 g/mol. The van der Waals surface area contributed by atoms with Gasteiger partial charge in [0.25, 0.3) is 0 Å². The highest BCUT2D eigenvalue weighted by Gasteiger charge is 2.31. The summed E-state index contributed by atoms with van der Waals surface area (Å²) >= 11 is 1.90. The van der Waals surface area contributed by atoms with Crippen molar-refractivity contribution in [3.8, 4) is 45.1 Å². The molecule has 0 saturated carbocycles. The van der Waals surface area contributed by atoms with Gasteiger partial charge in [0.15, 0.2) is 0 Å². The van der Waals surface area contributed by atoms with Gasteiger partial charge >= 0.3 is 0 Å². The minimum Gasteiger partial charge on any atom is -0.309 e. The SMILES string of the molecule is C1=CC2C=Cc3c(-c4ccc(-c5ccccc5)cc4)nc(-n4c5ccc(-c6ccccc6)cc5c5c6c7cc8c9ccccc9n(-c9ccccc9)c8cc7sc6c6ccccc6c54)nc3C2C=C1. The van der Waals surface area contributed by atoms with Gasteiger partial charge in [0, 0.05) is 81.1 Å². The molecule has 0 fully saturated rings. The van der Waals surface area contributed by atoms with Gasteiger partial charge in [-0.05, 0) is 64.7 Å². The van der Waals surface area contributed by atoms with Crippen LogP contribution >= 0.6 is 11.3 Å². The van der Waals surface area contributed by atoms with Crippen LogP contribution in [0.2, 0.25) is 0 Å². The number of fused-ring (bicyclic) bond motifs is 16. The van der Waals surface area contributed by atoms with E-state index in [1.54, 1.807) is 0 Å². The second-order valence-corrected chi connectivity index (χ2v) is 19.5. The molecule has 0 saturated heterocycles. The third-order valence-corrected chi connectivity index (χ3v) is 15.8. The summed E-state index contributed by atoms with van der Waals surface area (Å²) < 4.78 is 7.37. The molecule has 2 unspecified atom stereocenters. The Bertz CT molecular complexity index is 4340. The van der Waals surface area contributed by atoms with Crippen LogP contribution in [0.25, 0.3) is 126 Å². The summed E-state index contributed by atoms with van der Waals surface area (Å²) in [6, 6.07) is 70.8. The number of hydrogen-bond acceptors (Lipinski definition) is 3. The van der Waals surface area contributed by atoms with Gasteiger partial charge < -0.3 is 4.57 Å². The van der Waals surface area contributed by atoms with Gasteiger partial charge in [-0.25, -0.2) is 9.97 Å². The van der Waals surface area contributed by atoms with Crippen LogP contribution in [0, 0.1) is 5.92 Å². The molecule has 4 aromatic heterocycles. The zero-order valence-electron chi connectivity index (χ0n) is 37.3. The molecule has 2 aliphatic carbocycles. The van der Waals surface area contributed by atoms with Gasteiger partial charge in [0.05, 0.1) is 33.5 Å². The van der Waals surface area contributed by atoms with Crippen LogP contribution in [0.1, 0.15) is 17.2 Å². The molecule has 15 rings (SSSR count). The highest BCUT2D eigenvalue weighted by molar-refractivity contribution is 7.27. The number of allylic oxidation sites excluding steroid dienone is 5. The van der Waals surface area contributed by atoms with Crippen molar-refractivity contribution in [2.24, 2.45) is 5.92 Å². The van der Waals surface area contributed by atoms with E-state index in [0.717, 1.165) is 39.2 Å². The molecule has 69 heavy (non-hydrogen) atoms. The number of thiophene rings is 1. The first-order chi connectivity index (χ1) is 34.2. The second-order valence-electron chi connectivity index (χ2n) is 18.4. The highest BCUT2D eigenvalue weighted by atomic mass is 32.1. The molecule has 0 spiro atoms. The van der Waals surface area contributed by atoms with E-state index in [2.05, 4.69) is 240 Å². The van der Waals surface area contributed by atoms with Crippen LogP contribution in [0.5, 0.6) is 0 Å². The van der Waals surface area contributed by atoms with Crippen LogP contribution < -0.4 is 0 Å². The first-order valence-corrected chi connectivity index (χ1v) is 24.6. The van der Waals surface area contributed by atoms with E-state index in [1.807, 2.05) is 11.3 Å². The lowest BCUT2D eigenvalue weighted by molar-refractivity contribution is 0.665. The van der Waals surface area contributed by atoms with Gasteiger partial charge in [-0.15, -0.1) is 11.3 Å². The normalized spacial score (nSPS) is 15.4. The standard InChI is InChI=1S/C64H40N4S/c1-4-16-39(17-5-1)41-28-30-43(31-29-41)60-50-34-32-42-20-10-11-23-46(42)61(50)66-64(65-60)68-55-35-33-44(40-18-6-2-7-19-40)36-52(55)58-59-53-37-51-47-24-14-15-27-54(47)67(45-21-8-3-9-22-45)56(51)38-57(53)69-63(59)49-26-13-12-25-48(49)62(58)68/h1-38,42,46H. The van der Waals surface area contributed by atoms with Crippen molar-refractivity contribution in [3.05, 3.63) is 236 Å². The third-order valence-electron chi connectivity index (χ3n) is 14.7. The summed E-state index contributed by atoms with van der Waals surface area (Å²) in [6.45, 7) is 0. The Morgan fingerprint density at radius 1 is 0.420 bits per heavy atom. The number of hydrogen-bond donors (Lipinski definition) is 0. The Morgan fingerprint density at radius 3 is 1.86 bits per heavy atom. The van der Waals surface area contributed by atoms with Crippen LogP contribution in [0.4, 0.5) is 0 Å². The first-order valence-electron chi connectivity index (χ1n) is 23.7. The largest absolute Gasteiger partial charge is 0.309 e. The van der Waals surface area contributed by atoms with E-state index in [1.165, 1.54) is 85.8 Å². The molecule has 2 atom stereocenters. The van der Waals surface area contributed by atoms with E-state index in [4.69, 9.17) is 9.97 Å². The molecule has 13 aromatic rings. The van der Waals surface area contributed by atoms with Crippen molar-refractivity contribution in [2.45, 2.75) is 5.92 Å². The maximum absolute atomic E-state index is 5.73. The van der Waals surface area contributed by atoms with E-state index in [0.29, 0.717) is 5.95 Å². The number of nitrogens with zero attached hydrogens (tertiary/aromatic N) is 4. The van der Waals surface area contributed by atoms with Crippen molar-refractivity contribution >= 4 is 92.0 Å². The van der Waals surface area contributed by atoms with Crippen molar-refractivity contribution in [1.29, 1.82) is 0 Å². The number of benzene rings is 9. The molecule has 0 bridgehead atoms. The fourth-order valence-corrected chi connectivity index (χ4v) is 12.8. The van der Waals surface area contributed by atoms with Gasteiger partial charge in [0.2, 0.25) is 5.95 Å². The highest BCUT2D eigenvalue weighted by Crippen LogP contribution is 2.51. The summed E-state index contributed by atoms with van der Waals surface area (Å²) in [5.41, 5.74) is 14.6. The Balaban J connectivity index is 1.08. The van der Waals surface area contributed by atoms with Crippen LogP contribution in [-0.2, 0) is 0 Å². The van der Waals surface area contributed by atoms with Gasteiger partial charge in [-0.3, -0.25) is 4.57 Å². The van der Waals surface area contributed by atoms with Crippen LogP contribution in [0.15, 0.2) is 225 Å². The maximum atomic E-state index is 5.73. The van der Waals surface area contributed by atoms with Crippen molar-refractivity contribution in [2.75, 3.05) is 0 Å². The topological polar surface area (TPSA) is 35.6 Å².